The van der Waals surface area contributed by atoms with E-state index in [0.717, 1.165) is 43.7 Å². The third-order valence-electron chi connectivity index (χ3n) is 4.85. The van der Waals surface area contributed by atoms with E-state index >= 15 is 0 Å². The van der Waals surface area contributed by atoms with Crippen LogP contribution in [0.5, 0.6) is 0 Å². The van der Waals surface area contributed by atoms with E-state index in [1.54, 1.807) is 23.4 Å². The van der Waals surface area contributed by atoms with Gasteiger partial charge in [0.25, 0.3) is 5.56 Å². The summed E-state index contributed by atoms with van der Waals surface area (Å²) in [6, 6.07) is 7.40. The van der Waals surface area contributed by atoms with E-state index in [4.69, 9.17) is 0 Å². The SMILES string of the molecule is CN(CCc1ccccn1)C(=O)CC1CCCN(c2cn[nH]c(=O)c2)C1. The molecular formula is C19H25N5O2. The molecule has 0 bridgehead atoms. The molecule has 1 aliphatic heterocycles. The molecule has 3 heterocycles. The third kappa shape index (κ3) is 4.91. The molecule has 0 radical (unpaired) electrons. The van der Waals surface area contributed by atoms with Crippen LogP contribution in [0.3, 0.4) is 0 Å². The van der Waals surface area contributed by atoms with Crippen molar-refractivity contribution in [2.24, 2.45) is 5.92 Å². The van der Waals surface area contributed by atoms with Crippen LogP contribution in [0.1, 0.15) is 25.0 Å². The molecule has 3 rings (SSSR count). The first-order valence-corrected chi connectivity index (χ1v) is 9.05. The number of carbonyl (C=O) groups is 1. The van der Waals surface area contributed by atoms with Gasteiger partial charge in [0.1, 0.15) is 0 Å². The second-order valence-electron chi connectivity index (χ2n) is 6.85. The molecule has 0 saturated carbocycles. The van der Waals surface area contributed by atoms with Gasteiger partial charge < -0.3 is 9.80 Å². The monoisotopic (exact) mass is 355 g/mol. The highest BCUT2D eigenvalue weighted by molar-refractivity contribution is 5.76. The zero-order chi connectivity index (χ0) is 18.4. The highest BCUT2D eigenvalue weighted by atomic mass is 16.2. The highest BCUT2D eigenvalue weighted by Gasteiger charge is 2.24. The lowest BCUT2D eigenvalue weighted by Crippen LogP contribution is -2.39. The maximum atomic E-state index is 12.5. The van der Waals surface area contributed by atoms with E-state index in [1.165, 1.54) is 0 Å². The number of rotatable bonds is 6. The van der Waals surface area contributed by atoms with E-state index in [1.807, 2.05) is 25.2 Å². The van der Waals surface area contributed by atoms with Crippen molar-refractivity contribution in [1.29, 1.82) is 0 Å². The second kappa shape index (κ2) is 8.60. The number of nitrogens with one attached hydrogen (secondary N) is 1. The number of piperidine rings is 1. The van der Waals surface area contributed by atoms with Gasteiger partial charge >= 0.3 is 0 Å². The smallest absolute Gasteiger partial charge is 0.266 e. The summed E-state index contributed by atoms with van der Waals surface area (Å²) in [5.41, 5.74) is 1.63. The Balaban J connectivity index is 1.51. The fourth-order valence-corrected chi connectivity index (χ4v) is 3.36. The van der Waals surface area contributed by atoms with E-state index in [9.17, 15) is 9.59 Å². The molecule has 2 aromatic heterocycles. The molecule has 1 amide bonds. The summed E-state index contributed by atoms with van der Waals surface area (Å²) in [7, 11) is 1.85. The molecule has 1 unspecified atom stereocenters. The Labute approximate surface area is 153 Å². The lowest BCUT2D eigenvalue weighted by atomic mass is 9.94. The van der Waals surface area contributed by atoms with Crippen LogP contribution < -0.4 is 10.5 Å². The fourth-order valence-electron chi connectivity index (χ4n) is 3.36. The van der Waals surface area contributed by atoms with Crippen molar-refractivity contribution < 1.29 is 4.79 Å². The quantitative estimate of drug-likeness (QED) is 0.849. The number of anilines is 1. The summed E-state index contributed by atoms with van der Waals surface area (Å²) in [5.74, 6) is 0.463. The van der Waals surface area contributed by atoms with E-state index in [2.05, 4.69) is 20.1 Å². The zero-order valence-corrected chi connectivity index (χ0v) is 15.1. The Morgan fingerprint density at radius 2 is 2.31 bits per heavy atom. The minimum Gasteiger partial charge on any atom is -0.370 e. The Kier molecular flexibility index (Phi) is 5.99. The van der Waals surface area contributed by atoms with E-state index in [-0.39, 0.29) is 11.5 Å². The van der Waals surface area contributed by atoms with Crippen LogP contribution in [-0.2, 0) is 11.2 Å². The lowest BCUT2D eigenvalue weighted by molar-refractivity contribution is -0.130. The van der Waals surface area contributed by atoms with Crippen LogP contribution in [0.4, 0.5) is 5.69 Å². The molecule has 2 aromatic rings. The molecule has 0 aromatic carbocycles. The molecule has 26 heavy (non-hydrogen) atoms. The van der Waals surface area contributed by atoms with Gasteiger partial charge in [-0.15, -0.1) is 0 Å². The Morgan fingerprint density at radius 1 is 1.42 bits per heavy atom. The summed E-state index contributed by atoms with van der Waals surface area (Å²) >= 11 is 0. The maximum absolute atomic E-state index is 12.5. The maximum Gasteiger partial charge on any atom is 0.266 e. The van der Waals surface area contributed by atoms with Crippen LogP contribution >= 0.6 is 0 Å². The van der Waals surface area contributed by atoms with Gasteiger partial charge in [-0.1, -0.05) is 6.07 Å². The number of likely N-dealkylation sites (N-methyl/N-ethyl adjacent to an activating group) is 1. The zero-order valence-electron chi connectivity index (χ0n) is 15.1. The van der Waals surface area contributed by atoms with Crippen molar-refractivity contribution in [3.05, 3.63) is 52.7 Å². The molecule has 1 atom stereocenters. The van der Waals surface area contributed by atoms with Crippen molar-refractivity contribution in [1.82, 2.24) is 20.1 Å². The minimum absolute atomic E-state index is 0.164. The van der Waals surface area contributed by atoms with E-state index < -0.39 is 0 Å². The van der Waals surface area contributed by atoms with Crippen LogP contribution in [0.2, 0.25) is 0 Å². The number of nitrogens with zero attached hydrogens (tertiary/aromatic N) is 4. The van der Waals surface area contributed by atoms with Crippen molar-refractivity contribution >= 4 is 11.6 Å². The predicted molar refractivity (Wildman–Crippen MR) is 100.0 cm³/mol. The Morgan fingerprint density at radius 3 is 3.08 bits per heavy atom. The first kappa shape index (κ1) is 18.1. The van der Waals surface area contributed by atoms with Crippen LogP contribution in [0.15, 0.2) is 41.5 Å². The van der Waals surface area contributed by atoms with Gasteiger partial charge in [-0.05, 0) is 30.9 Å². The van der Waals surface area contributed by atoms with Gasteiger partial charge in [0.15, 0.2) is 0 Å². The average Bonchev–Trinajstić information content (AvgIpc) is 2.67. The number of hydrogen-bond acceptors (Lipinski definition) is 5. The highest BCUT2D eigenvalue weighted by Crippen LogP contribution is 2.24. The Hall–Kier alpha value is -2.70. The molecule has 1 fully saturated rings. The standard InChI is InChI=1S/C19H25N5O2/c1-23(10-7-16-6-2-3-8-20-16)19(26)11-15-5-4-9-24(14-15)17-12-18(25)22-21-13-17/h2-3,6,8,12-13,15H,4-5,7,9-11,14H2,1H3,(H,22,25). The van der Waals surface area contributed by atoms with Crippen molar-refractivity contribution in [2.75, 3.05) is 31.6 Å². The van der Waals surface area contributed by atoms with Gasteiger partial charge in [-0.2, -0.15) is 5.10 Å². The molecule has 7 nitrogen and oxygen atoms in total. The van der Waals surface area contributed by atoms with Crippen LogP contribution in [-0.4, -0.2) is 52.7 Å². The fraction of sp³-hybridized carbons (Fsp3) is 0.474. The summed E-state index contributed by atoms with van der Waals surface area (Å²) < 4.78 is 0. The van der Waals surface area contributed by atoms with Gasteiger partial charge in [0, 0.05) is 57.5 Å². The van der Waals surface area contributed by atoms with Crippen LogP contribution in [0.25, 0.3) is 0 Å². The first-order valence-electron chi connectivity index (χ1n) is 9.05. The minimum atomic E-state index is -0.199. The number of carbonyl (C=O) groups excluding carboxylic acids is 1. The molecule has 7 heteroatoms. The van der Waals surface area contributed by atoms with Gasteiger partial charge in [0.2, 0.25) is 5.91 Å². The number of amides is 1. The molecule has 0 aliphatic carbocycles. The largest absolute Gasteiger partial charge is 0.370 e. The average molecular weight is 355 g/mol. The molecule has 1 aliphatic rings. The Bertz CT molecular complexity index is 777. The van der Waals surface area contributed by atoms with Gasteiger partial charge in [-0.25, -0.2) is 5.10 Å². The summed E-state index contributed by atoms with van der Waals surface area (Å²) in [4.78, 5) is 32.3. The molecule has 1 N–H and O–H groups in total. The van der Waals surface area contributed by atoms with Crippen LogP contribution in [0, 0.1) is 5.92 Å². The molecule has 0 spiro atoms. The number of H-pyrrole nitrogens is 1. The molecule has 138 valence electrons. The number of aromatic amines is 1. The van der Waals surface area contributed by atoms with Crippen molar-refractivity contribution in [3.8, 4) is 0 Å². The summed E-state index contributed by atoms with van der Waals surface area (Å²) in [6.07, 6.45) is 6.79. The summed E-state index contributed by atoms with van der Waals surface area (Å²) in [5, 5.41) is 6.27. The molecule has 1 saturated heterocycles. The normalized spacial score (nSPS) is 17.1. The van der Waals surface area contributed by atoms with Crippen molar-refractivity contribution in [3.63, 3.8) is 0 Å². The summed E-state index contributed by atoms with van der Waals surface area (Å²) in [6.45, 7) is 2.35. The number of hydrogen-bond donors (Lipinski definition) is 1. The molecular weight excluding hydrogens is 330 g/mol. The third-order valence-corrected chi connectivity index (χ3v) is 4.85. The van der Waals surface area contributed by atoms with Gasteiger partial charge in [0.05, 0.1) is 11.9 Å². The predicted octanol–water partition coefficient (Wildman–Crippen LogP) is 1.47. The van der Waals surface area contributed by atoms with Gasteiger partial charge in [-0.3, -0.25) is 14.6 Å². The topological polar surface area (TPSA) is 82.2 Å². The second-order valence-corrected chi connectivity index (χ2v) is 6.85. The lowest BCUT2D eigenvalue weighted by Gasteiger charge is -2.34. The number of pyridine rings is 1. The van der Waals surface area contributed by atoms with Crippen molar-refractivity contribution in [2.45, 2.75) is 25.7 Å². The first-order chi connectivity index (χ1) is 12.6. The van der Waals surface area contributed by atoms with E-state index in [0.29, 0.717) is 18.9 Å². The number of aromatic nitrogens is 3.